The molecule has 0 unspecified atom stereocenters. The third-order valence-corrected chi connectivity index (χ3v) is 12.2. The quantitative estimate of drug-likeness (QED) is 0.194. The summed E-state index contributed by atoms with van der Waals surface area (Å²) in [6.45, 7) is 10.0. The minimum atomic E-state index is 0.0785. The molecule has 0 bridgehead atoms. The monoisotopic (exact) mass is 618 g/mol. The zero-order valence-corrected chi connectivity index (χ0v) is 21.5. The Balaban J connectivity index is 0.000000595. The first kappa shape index (κ1) is 21.3. The summed E-state index contributed by atoms with van der Waals surface area (Å²) in [5.74, 6) is 0. The van der Waals surface area contributed by atoms with Gasteiger partial charge in [-0.3, -0.25) is 0 Å². The van der Waals surface area contributed by atoms with Crippen molar-refractivity contribution in [2.45, 2.75) is 76.0 Å². The number of hydrogen-bond acceptors (Lipinski definition) is 0. The van der Waals surface area contributed by atoms with Crippen molar-refractivity contribution in [2.24, 2.45) is 0 Å². The molecule has 1 aromatic carbocycles. The SMILES string of the molecule is C[C@@H]1CC[C@@H](C)P1c1ccccc1P1[C@H](C)CC[C@H]1C.[I][Ni][I]. The van der Waals surface area contributed by atoms with Crippen LogP contribution in [0.3, 0.4) is 0 Å². The van der Waals surface area contributed by atoms with Gasteiger partial charge in [0.15, 0.2) is 0 Å². The number of hydrogen-bond donors (Lipinski definition) is 0. The van der Waals surface area contributed by atoms with E-state index in [-0.39, 0.29) is 15.8 Å². The third kappa shape index (κ3) is 5.27. The molecule has 0 N–H and O–H groups in total. The normalized spacial score (nSPS) is 32.1. The predicted octanol–water partition coefficient (Wildman–Crippen LogP) is 6.81. The number of rotatable bonds is 2. The van der Waals surface area contributed by atoms with Crippen LogP contribution in [0.1, 0.15) is 53.4 Å². The van der Waals surface area contributed by atoms with Gasteiger partial charge in [-0.25, -0.2) is 0 Å². The van der Waals surface area contributed by atoms with Gasteiger partial charge in [0.2, 0.25) is 0 Å². The van der Waals surface area contributed by atoms with Gasteiger partial charge >= 0.3 is 49.0 Å². The van der Waals surface area contributed by atoms with Crippen LogP contribution < -0.4 is 10.6 Å². The van der Waals surface area contributed by atoms with Gasteiger partial charge in [-0.1, -0.05) is 67.8 Å². The van der Waals surface area contributed by atoms with Crippen LogP contribution in [-0.2, 0) is 8.07 Å². The van der Waals surface area contributed by atoms with E-state index in [0.29, 0.717) is 0 Å². The molecule has 0 aromatic heterocycles. The van der Waals surface area contributed by atoms with Crippen molar-refractivity contribution in [2.75, 3.05) is 0 Å². The first-order valence-electron chi connectivity index (χ1n) is 8.49. The first-order chi connectivity index (χ1) is 11.0. The molecule has 1 aromatic rings. The summed E-state index contributed by atoms with van der Waals surface area (Å²) >= 11 is 4.43. The van der Waals surface area contributed by atoms with Crippen LogP contribution in [-0.4, -0.2) is 22.6 Å². The fourth-order valence-corrected chi connectivity index (χ4v) is 11.5. The van der Waals surface area contributed by atoms with Gasteiger partial charge < -0.3 is 0 Å². The summed E-state index contributed by atoms with van der Waals surface area (Å²) in [6, 6.07) is 9.55. The van der Waals surface area contributed by atoms with Crippen molar-refractivity contribution in [3.05, 3.63) is 24.3 Å². The fourth-order valence-electron chi connectivity index (χ4n) is 4.24. The Kier molecular flexibility index (Phi) is 9.64. The molecule has 2 aliphatic heterocycles. The fraction of sp³-hybridized carbons (Fsp3) is 0.667. The van der Waals surface area contributed by atoms with Gasteiger partial charge in [0.05, 0.1) is 0 Å². The number of benzene rings is 1. The van der Waals surface area contributed by atoms with Gasteiger partial charge in [-0.15, -0.1) is 0 Å². The Morgan fingerprint density at radius 3 is 1.26 bits per heavy atom. The molecular weight excluding hydrogens is 591 g/mol. The summed E-state index contributed by atoms with van der Waals surface area (Å²) in [7, 11) is 1.72. The molecule has 2 aliphatic rings. The van der Waals surface area contributed by atoms with Gasteiger partial charge in [0.1, 0.15) is 0 Å². The minimum absolute atomic E-state index is 0.0785. The summed E-state index contributed by atoms with van der Waals surface area (Å²) in [4.78, 5) is 0. The second-order valence-corrected chi connectivity index (χ2v) is 21.4. The van der Waals surface area contributed by atoms with Crippen LogP contribution in [0.25, 0.3) is 0 Å². The second-order valence-electron chi connectivity index (χ2n) is 6.90. The van der Waals surface area contributed by atoms with E-state index in [2.05, 4.69) is 92.9 Å². The van der Waals surface area contributed by atoms with E-state index in [1.165, 1.54) is 25.7 Å². The van der Waals surface area contributed by atoms with E-state index >= 15 is 0 Å². The Morgan fingerprint density at radius 2 is 1.00 bits per heavy atom. The van der Waals surface area contributed by atoms with Crippen LogP contribution in [0.5, 0.6) is 0 Å². The Morgan fingerprint density at radius 1 is 0.739 bits per heavy atom. The second kappa shape index (κ2) is 10.4. The van der Waals surface area contributed by atoms with Crippen LogP contribution in [0.15, 0.2) is 24.3 Å². The molecule has 2 heterocycles. The Hall–Kier alpha value is 2.03. The standard InChI is InChI=1S/C18H28P2.2HI.Ni/c1-13-9-10-14(2)19(13)17-7-5-6-8-18(17)20-15(3)11-12-16(20)4;;;/h5-8,13-16H,9-12H2,1-4H3;2*1H;/q;;;+2/p-2/t13-,14-,15-,16-;;;/m1.../s1. The average molecular weight is 619 g/mol. The Bertz CT molecular complexity index is 437. The van der Waals surface area contributed by atoms with Crippen LogP contribution in [0.4, 0.5) is 0 Å². The molecule has 0 nitrogen and oxygen atoms in total. The van der Waals surface area contributed by atoms with Crippen LogP contribution >= 0.6 is 56.8 Å². The van der Waals surface area contributed by atoms with Crippen molar-refractivity contribution in [1.29, 1.82) is 0 Å². The van der Waals surface area contributed by atoms with E-state index in [9.17, 15) is 0 Å². The van der Waals surface area contributed by atoms with Gasteiger partial charge in [0.25, 0.3) is 0 Å². The predicted molar refractivity (Wildman–Crippen MR) is 124 cm³/mol. The van der Waals surface area contributed by atoms with E-state index in [1.807, 2.05) is 0 Å². The molecule has 0 spiro atoms. The Labute approximate surface area is 174 Å². The molecule has 0 saturated carbocycles. The molecule has 2 saturated heterocycles. The van der Waals surface area contributed by atoms with E-state index in [0.717, 1.165) is 22.6 Å². The molecule has 0 radical (unpaired) electrons. The first-order valence-corrected chi connectivity index (χ1v) is 17.8. The summed E-state index contributed by atoms with van der Waals surface area (Å²) in [5.41, 5.74) is 3.74. The molecule has 2 fully saturated rings. The van der Waals surface area contributed by atoms with E-state index in [1.54, 1.807) is 18.7 Å². The van der Waals surface area contributed by atoms with Gasteiger partial charge in [-0.2, -0.15) is 0 Å². The van der Waals surface area contributed by atoms with Gasteiger partial charge in [0, 0.05) is 0 Å². The molecule has 134 valence electrons. The molecule has 5 heteroatoms. The zero-order chi connectivity index (χ0) is 17.0. The van der Waals surface area contributed by atoms with E-state index in [4.69, 9.17) is 0 Å². The van der Waals surface area contributed by atoms with Gasteiger partial charge in [-0.05, 0) is 58.9 Å². The van der Waals surface area contributed by atoms with E-state index < -0.39 is 0 Å². The van der Waals surface area contributed by atoms with Crippen LogP contribution in [0, 0.1) is 0 Å². The molecular formula is C18H28I2NiP2. The molecule has 3 rings (SSSR count). The summed E-state index contributed by atoms with van der Waals surface area (Å²) in [5, 5.41) is 3.57. The van der Waals surface area contributed by atoms with Crippen molar-refractivity contribution < 1.29 is 8.07 Å². The van der Waals surface area contributed by atoms with Crippen LogP contribution in [0.2, 0.25) is 0 Å². The van der Waals surface area contributed by atoms with Crippen molar-refractivity contribution in [3.8, 4) is 0 Å². The van der Waals surface area contributed by atoms with Crippen molar-refractivity contribution in [3.63, 3.8) is 0 Å². The topological polar surface area (TPSA) is 0 Å². The maximum absolute atomic E-state index is 2.50. The van der Waals surface area contributed by atoms with Crippen molar-refractivity contribution >= 4 is 67.4 Å². The molecule has 0 amide bonds. The maximum atomic E-state index is 2.50. The average Bonchev–Trinajstić information content (AvgIpc) is 3.02. The third-order valence-electron chi connectivity index (χ3n) is 5.34. The van der Waals surface area contributed by atoms with Crippen molar-refractivity contribution in [1.82, 2.24) is 0 Å². The summed E-state index contributed by atoms with van der Waals surface area (Å²) < 4.78 is 0. The summed E-state index contributed by atoms with van der Waals surface area (Å²) in [6.07, 6.45) is 5.79. The molecule has 23 heavy (non-hydrogen) atoms. The zero-order valence-electron chi connectivity index (χ0n) is 14.4. The number of halogens is 2. The molecule has 4 atom stereocenters. The molecule has 0 aliphatic carbocycles.